The van der Waals surface area contributed by atoms with E-state index in [1.54, 1.807) is 19.9 Å². The Labute approximate surface area is 105 Å². The highest BCUT2D eigenvalue weighted by molar-refractivity contribution is 6.00. The molecule has 1 fully saturated rings. The van der Waals surface area contributed by atoms with E-state index >= 15 is 0 Å². The van der Waals surface area contributed by atoms with E-state index in [0.29, 0.717) is 0 Å². The molecule has 1 saturated heterocycles. The lowest BCUT2D eigenvalue weighted by Crippen LogP contribution is -2.56. The predicted octanol–water partition coefficient (Wildman–Crippen LogP) is 0.981. The lowest BCUT2D eigenvalue weighted by atomic mass is 10.1. The maximum Gasteiger partial charge on any atom is 0.246 e. The Balaban J connectivity index is 2.21. The molecule has 1 aromatic rings. The van der Waals surface area contributed by atoms with Crippen LogP contribution >= 0.6 is 0 Å². The zero-order valence-electron chi connectivity index (χ0n) is 10.4. The third-order valence-corrected chi connectivity index (χ3v) is 3.13. The highest BCUT2D eigenvalue weighted by Crippen LogP contribution is 2.15. The molecular formula is C13H15FN2O2. The van der Waals surface area contributed by atoms with Crippen LogP contribution in [0.4, 0.5) is 4.39 Å². The van der Waals surface area contributed by atoms with Crippen molar-refractivity contribution in [3.63, 3.8) is 0 Å². The minimum Gasteiger partial charge on any atom is -0.298 e. The number of carbonyl (C=O) groups excluding carboxylic acids is 2. The third kappa shape index (κ3) is 2.41. The first kappa shape index (κ1) is 12.7. The quantitative estimate of drug-likeness (QED) is 0.796. The smallest absolute Gasteiger partial charge is 0.246 e. The standard InChI is InChI=1S/C13H15FN2O2/c1-8-5-11(14)4-3-10(8)7-16-12(17)6-15-9(2)13(16)18/h3-5,9,15H,6-7H2,1-2H3. The Hall–Kier alpha value is -1.75. The second-order valence-electron chi connectivity index (χ2n) is 4.49. The van der Waals surface area contributed by atoms with Crippen LogP contribution in [0.3, 0.4) is 0 Å². The number of rotatable bonds is 2. The van der Waals surface area contributed by atoms with Crippen LogP contribution in [0.25, 0.3) is 0 Å². The fraction of sp³-hybridized carbons (Fsp3) is 0.385. The van der Waals surface area contributed by atoms with E-state index in [1.807, 2.05) is 0 Å². The van der Waals surface area contributed by atoms with Crippen LogP contribution in [-0.4, -0.2) is 29.3 Å². The van der Waals surface area contributed by atoms with Crippen molar-refractivity contribution in [1.82, 2.24) is 10.2 Å². The molecule has 1 aromatic carbocycles. The first-order valence-electron chi connectivity index (χ1n) is 5.81. The maximum absolute atomic E-state index is 13.0. The molecule has 1 atom stereocenters. The molecule has 1 N–H and O–H groups in total. The molecule has 1 aliphatic heterocycles. The van der Waals surface area contributed by atoms with Crippen LogP contribution in [-0.2, 0) is 16.1 Å². The van der Waals surface area contributed by atoms with Gasteiger partial charge in [-0.05, 0) is 37.1 Å². The Morgan fingerprint density at radius 3 is 2.83 bits per heavy atom. The van der Waals surface area contributed by atoms with Crippen molar-refractivity contribution in [3.8, 4) is 0 Å². The van der Waals surface area contributed by atoms with Gasteiger partial charge in [-0.15, -0.1) is 0 Å². The number of nitrogens with one attached hydrogen (secondary N) is 1. The first-order valence-corrected chi connectivity index (χ1v) is 5.81. The molecule has 18 heavy (non-hydrogen) atoms. The van der Waals surface area contributed by atoms with E-state index in [0.717, 1.165) is 11.1 Å². The molecular weight excluding hydrogens is 235 g/mol. The molecule has 0 spiro atoms. The number of imide groups is 1. The Bertz CT molecular complexity index is 502. The first-order chi connectivity index (χ1) is 8.49. The highest BCUT2D eigenvalue weighted by atomic mass is 19.1. The molecule has 0 radical (unpaired) electrons. The van der Waals surface area contributed by atoms with Gasteiger partial charge < -0.3 is 0 Å². The molecule has 1 unspecified atom stereocenters. The van der Waals surface area contributed by atoms with E-state index in [1.165, 1.54) is 17.0 Å². The van der Waals surface area contributed by atoms with Gasteiger partial charge in [-0.3, -0.25) is 19.8 Å². The fourth-order valence-electron chi connectivity index (χ4n) is 1.95. The molecule has 1 aliphatic rings. The largest absolute Gasteiger partial charge is 0.298 e. The minimum absolute atomic E-state index is 0.160. The number of piperazine rings is 1. The molecule has 5 heteroatoms. The van der Waals surface area contributed by atoms with Gasteiger partial charge in [-0.1, -0.05) is 6.07 Å². The van der Waals surface area contributed by atoms with E-state index in [9.17, 15) is 14.0 Å². The fourth-order valence-corrected chi connectivity index (χ4v) is 1.95. The summed E-state index contributed by atoms with van der Waals surface area (Å²) >= 11 is 0. The monoisotopic (exact) mass is 250 g/mol. The molecule has 0 saturated carbocycles. The van der Waals surface area contributed by atoms with Crippen molar-refractivity contribution in [3.05, 3.63) is 35.1 Å². The van der Waals surface area contributed by atoms with Crippen LogP contribution in [0, 0.1) is 12.7 Å². The predicted molar refractivity (Wildman–Crippen MR) is 64.2 cm³/mol. The number of carbonyl (C=O) groups is 2. The van der Waals surface area contributed by atoms with Gasteiger partial charge >= 0.3 is 0 Å². The van der Waals surface area contributed by atoms with Gasteiger partial charge in [-0.25, -0.2) is 4.39 Å². The van der Waals surface area contributed by atoms with E-state index in [2.05, 4.69) is 5.32 Å². The number of hydrogen-bond donors (Lipinski definition) is 1. The van der Waals surface area contributed by atoms with Gasteiger partial charge in [0.25, 0.3) is 0 Å². The highest BCUT2D eigenvalue weighted by Gasteiger charge is 2.31. The van der Waals surface area contributed by atoms with Gasteiger partial charge in [0.1, 0.15) is 5.82 Å². The van der Waals surface area contributed by atoms with Crippen molar-refractivity contribution in [2.75, 3.05) is 6.54 Å². The second-order valence-corrected chi connectivity index (χ2v) is 4.49. The summed E-state index contributed by atoms with van der Waals surface area (Å²) in [6, 6.07) is 3.99. The summed E-state index contributed by atoms with van der Waals surface area (Å²) in [7, 11) is 0. The van der Waals surface area contributed by atoms with Gasteiger partial charge in [0.2, 0.25) is 11.8 Å². The molecule has 96 valence electrons. The van der Waals surface area contributed by atoms with Crippen LogP contribution in [0.2, 0.25) is 0 Å². The van der Waals surface area contributed by atoms with Gasteiger partial charge in [0, 0.05) is 0 Å². The summed E-state index contributed by atoms with van der Waals surface area (Å²) in [6.07, 6.45) is 0. The summed E-state index contributed by atoms with van der Waals surface area (Å²) < 4.78 is 13.0. The minimum atomic E-state index is -0.358. The van der Waals surface area contributed by atoms with Gasteiger partial charge in [0.15, 0.2) is 0 Å². The lowest BCUT2D eigenvalue weighted by Gasteiger charge is -2.30. The SMILES string of the molecule is Cc1cc(F)ccc1CN1C(=O)CNC(C)C1=O. The molecule has 4 nitrogen and oxygen atoms in total. The normalized spacial score (nSPS) is 20.4. The Morgan fingerprint density at radius 1 is 1.44 bits per heavy atom. The average Bonchev–Trinajstić information content (AvgIpc) is 2.32. The van der Waals surface area contributed by atoms with Crippen molar-refractivity contribution in [1.29, 1.82) is 0 Å². The van der Waals surface area contributed by atoms with E-state index < -0.39 is 0 Å². The summed E-state index contributed by atoms with van der Waals surface area (Å²) in [5.41, 5.74) is 1.52. The zero-order chi connectivity index (χ0) is 13.3. The van der Waals surface area contributed by atoms with Crippen molar-refractivity contribution < 1.29 is 14.0 Å². The molecule has 0 bridgehead atoms. The number of benzene rings is 1. The number of nitrogens with zero attached hydrogens (tertiary/aromatic N) is 1. The summed E-state index contributed by atoms with van der Waals surface area (Å²) in [6.45, 7) is 3.85. The van der Waals surface area contributed by atoms with Crippen molar-refractivity contribution >= 4 is 11.8 Å². The molecule has 2 amide bonds. The Morgan fingerprint density at radius 2 is 2.17 bits per heavy atom. The number of amides is 2. The molecule has 2 rings (SSSR count). The van der Waals surface area contributed by atoms with Crippen LogP contribution < -0.4 is 5.32 Å². The van der Waals surface area contributed by atoms with E-state index in [-0.39, 0.29) is 36.8 Å². The van der Waals surface area contributed by atoms with Crippen LogP contribution in [0.15, 0.2) is 18.2 Å². The lowest BCUT2D eigenvalue weighted by molar-refractivity contribution is -0.149. The summed E-state index contributed by atoms with van der Waals surface area (Å²) in [4.78, 5) is 24.8. The van der Waals surface area contributed by atoms with E-state index in [4.69, 9.17) is 0 Å². The van der Waals surface area contributed by atoms with Gasteiger partial charge in [0.05, 0.1) is 19.1 Å². The molecule has 0 aliphatic carbocycles. The molecule has 0 aromatic heterocycles. The third-order valence-electron chi connectivity index (χ3n) is 3.13. The summed E-state index contributed by atoms with van der Waals surface area (Å²) in [5, 5.41) is 2.82. The van der Waals surface area contributed by atoms with Crippen molar-refractivity contribution in [2.45, 2.75) is 26.4 Å². The van der Waals surface area contributed by atoms with Gasteiger partial charge in [-0.2, -0.15) is 0 Å². The zero-order valence-corrected chi connectivity index (χ0v) is 10.4. The average molecular weight is 250 g/mol. The maximum atomic E-state index is 13.0. The number of hydrogen-bond acceptors (Lipinski definition) is 3. The summed E-state index contributed by atoms with van der Waals surface area (Å²) in [5.74, 6) is -0.806. The molecule has 1 heterocycles. The van der Waals surface area contributed by atoms with Crippen molar-refractivity contribution in [2.24, 2.45) is 0 Å². The topological polar surface area (TPSA) is 49.4 Å². The Kier molecular flexibility index (Phi) is 3.43. The number of halogens is 1. The van der Waals surface area contributed by atoms with Crippen LogP contribution in [0.5, 0.6) is 0 Å². The van der Waals surface area contributed by atoms with Crippen LogP contribution in [0.1, 0.15) is 18.1 Å². The second kappa shape index (κ2) is 4.86. The number of aryl methyl sites for hydroxylation is 1.